The van der Waals surface area contributed by atoms with Crippen LogP contribution in [-0.2, 0) is 20.7 Å². The zero-order chi connectivity index (χ0) is 22.9. The molecule has 4 atom stereocenters. The molecule has 8 nitrogen and oxygen atoms in total. The van der Waals surface area contributed by atoms with Crippen molar-refractivity contribution in [3.8, 4) is 0 Å². The van der Waals surface area contributed by atoms with Gasteiger partial charge in [0.2, 0.25) is 0 Å². The Morgan fingerprint density at radius 1 is 1.18 bits per heavy atom. The molecule has 0 saturated carbocycles. The van der Waals surface area contributed by atoms with Gasteiger partial charge >= 0.3 is 0 Å². The first kappa shape index (κ1) is 21.7. The van der Waals surface area contributed by atoms with E-state index in [4.69, 9.17) is 9.47 Å². The van der Waals surface area contributed by atoms with E-state index in [9.17, 15) is 9.18 Å². The summed E-state index contributed by atoms with van der Waals surface area (Å²) < 4.78 is 25.2. The molecule has 2 aliphatic heterocycles. The molecule has 1 fully saturated rings. The van der Waals surface area contributed by atoms with Crippen LogP contribution in [0, 0.1) is 12.7 Å². The zero-order valence-electron chi connectivity index (χ0n) is 18.6. The number of ether oxygens (including phenoxy) is 2. The SMILES string of the molecule is CO[C@H]1CO[C@@H](C(=O)N2CCc3ccccc3[C@@H]2c2ccc(F)cc2)C[C@@H]1n1nnc(C)n1. The first-order valence-corrected chi connectivity index (χ1v) is 11.1. The fraction of sp³-hybridized carbons (Fsp3) is 0.417. The monoisotopic (exact) mass is 451 g/mol. The van der Waals surface area contributed by atoms with Gasteiger partial charge < -0.3 is 14.4 Å². The number of rotatable bonds is 4. The molecular formula is C24H26FN5O3. The van der Waals surface area contributed by atoms with Gasteiger partial charge in [-0.15, -0.1) is 10.2 Å². The first-order chi connectivity index (χ1) is 16.0. The van der Waals surface area contributed by atoms with Crippen molar-refractivity contribution in [3.05, 3.63) is 76.9 Å². The van der Waals surface area contributed by atoms with Gasteiger partial charge in [0.15, 0.2) is 5.82 Å². The molecule has 0 radical (unpaired) electrons. The van der Waals surface area contributed by atoms with Crippen molar-refractivity contribution >= 4 is 5.91 Å². The molecule has 9 heteroatoms. The number of benzene rings is 2. The topological polar surface area (TPSA) is 82.4 Å². The second-order valence-electron chi connectivity index (χ2n) is 8.49. The van der Waals surface area contributed by atoms with Gasteiger partial charge in [0.1, 0.15) is 24.1 Å². The number of tetrazole rings is 1. The first-order valence-electron chi connectivity index (χ1n) is 11.1. The average Bonchev–Trinajstić information content (AvgIpc) is 3.29. The second kappa shape index (κ2) is 8.99. The Bertz CT molecular complexity index is 1140. The Balaban J connectivity index is 1.45. The number of halogens is 1. The zero-order valence-corrected chi connectivity index (χ0v) is 18.6. The van der Waals surface area contributed by atoms with E-state index in [1.54, 1.807) is 26.2 Å². The third-order valence-corrected chi connectivity index (χ3v) is 6.50. The number of aryl methyl sites for hydroxylation is 1. The molecule has 0 aliphatic carbocycles. The third-order valence-electron chi connectivity index (χ3n) is 6.50. The van der Waals surface area contributed by atoms with Crippen LogP contribution < -0.4 is 0 Å². The molecule has 0 bridgehead atoms. The maximum Gasteiger partial charge on any atom is 0.252 e. The fourth-order valence-corrected chi connectivity index (χ4v) is 4.83. The van der Waals surface area contributed by atoms with Crippen LogP contribution in [0.25, 0.3) is 0 Å². The molecule has 3 heterocycles. The molecule has 1 aromatic heterocycles. The van der Waals surface area contributed by atoms with Crippen molar-refractivity contribution in [1.82, 2.24) is 25.1 Å². The van der Waals surface area contributed by atoms with E-state index in [2.05, 4.69) is 21.5 Å². The second-order valence-corrected chi connectivity index (χ2v) is 8.49. The lowest BCUT2D eigenvalue weighted by molar-refractivity contribution is -0.160. The molecule has 0 spiro atoms. The number of hydrogen-bond donors (Lipinski definition) is 0. The van der Waals surface area contributed by atoms with Gasteiger partial charge in [-0.3, -0.25) is 4.79 Å². The van der Waals surface area contributed by atoms with Crippen molar-refractivity contribution in [2.24, 2.45) is 0 Å². The maximum atomic E-state index is 13.8. The van der Waals surface area contributed by atoms with Crippen molar-refractivity contribution in [2.75, 3.05) is 20.3 Å². The Morgan fingerprint density at radius 3 is 2.70 bits per heavy atom. The number of hydrogen-bond acceptors (Lipinski definition) is 6. The summed E-state index contributed by atoms with van der Waals surface area (Å²) in [5, 5.41) is 12.4. The molecule has 33 heavy (non-hydrogen) atoms. The van der Waals surface area contributed by atoms with Crippen molar-refractivity contribution in [3.63, 3.8) is 0 Å². The van der Waals surface area contributed by atoms with Crippen LogP contribution in [0.4, 0.5) is 4.39 Å². The Kier molecular flexibility index (Phi) is 5.90. The van der Waals surface area contributed by atoms with Crippen molar-refractivity contribution in [1.29, 1.82) is 0 Å². The third kappa shape index (κ3) is 4.14. The highest BCUT2D eigenvalue weighted by atomic mass is 19.1. The number of aromatic nitrogens is 4. The van der Waals surface area contributed by atoms with Gasteiger partial charge in [-0.05, 0) is 47.4 Å². The molecule has 0 unspecified atom stereocenters. The standard InChI is InChI=1S/C24H26FN5O3/c1-15-26-28-30(27-15)20-13-21(33-14-22(20)32-2)24(31)29-12-11-16-5-3-4-6-19(16)23(29)17-7-9-18(25)10-8-17/h3-10,20-23H,11-14H2,1-2H3/t20-,21+,22-,23-/m0/s1. The highest BCUT2D eigenvalue weighted by molar-refractivity contribution is 5.82. The van der Waals surface area contributed by atoms with E-state index in [1.807, 2.05) is 23.1 Å². The van der Waals surface area contributed by atoms with Gasteiger partial charge in [-0.1, -0.05) is 36.4 Å². The predicted molar refractivity (Wildman–Crippen MR) is 117 cm³/mol. The highest BCUT2D eigenvalue weighted by Crippen LogP contribution is 2.37. The molecule has 172 valence electrons. The fourth-order valence-electron chi connectivity index (χ4n) is 4.83. The summed E-state index contributed by atoms with van der Waals surface area (Å²) in [5.41, 5.74) is 3.12. The maximum absolute atomic E-state index is 13.8. The van der Waals surface area contributed by atoms with Gasteiger partial charge in [0, 0.05) is 20.1 Å². The van der Waals surface area contributed by atoms with Crippen LogP contribution in [0.3, 0.4) is 0 Å². The lowest BCUT2D eigenvalue weighted by atomic mass is 9.87. The molecule has 2 aromatic carbocycles. The summed E-state index contributed by atoms with van der Waals surface area (Å²) >= 11 is 0. The summed E-state index contributed by atoms with van der Waals surface area (Å²) in [6, 6.07) is 13.9. The number of nitrogens with zero attached hydrogens (tertiary/aromatic N) is 5. The summed E-state index contributed by atoms with van der Waals surface area (Å²) in [6.45, 7) is 2.58. The summed E-state index contributed by atoms with van der Waals surface area (Å²) in [7, 11) is 1.61. The summed E-state index contributed by atoms with van der Waals surface area (Å²) in [6.07, 6.45) is 0.181. The molecule has 3 aromatic rings. The van der Waals surface area contributed by atoms with Gasteiger partial charge in [0.05, 0.1) is 12.6 Å². The molecule has 1 saturated heterocycles. The number of carbonyl (C=O) groups excluding carboxylic acids is 1. The van der Waals surface area contributed by atoms with Crippen molar-refractivity contribution in [2.45, 2.75) is 44.1 Å². The minimum Gasteiger partial charge on any atom is -0.377 e. The number of amides is 1. The Labute approximate surface area is 191 Å². The molecule has 2 aliphatic rings. The average molecular weight is 452 g/mol. The van der Waals surface area contributed by atoms with Crippen LogP contribution in [-0.4, -0.2) is 63.5 Å². The molecule has 1 amide bonds. The number of fused-ring (bicyclic) bond motifs is 1. The highest BCUT2D eigenvalue weighted by Gasteiger charge is 2.42. The van der Waals surface area contributed by atoms with Gasteiger partial charge in [-0.2, -0.15) is 4.80 Å². The molecule has 5 rings (SSSR count). The normalized spacial score (nSPS) is 25.0. The van der Waals surface area contributed by atoms with E-state index >= 15 is 0 Å². The van der Waals surface area contributed by atoms with E-state index in [-0.39, 0.29) is 36.5 Å². The smallest absolute Gasteiger partial charge is 0.252 e. The molecular weight excluding hydrogens is 425 g/mol. The summed E-state index contributed by atoms with van der Waals surface area (Å²) in [4.78, 5) is 17.2. The summed E-state index contributed by atoms with van der Waals surface area (Å²) in [5.74, 6) is 0.152. The van der Waals surface area contributed by atoms with E-state index in [0.717, 1.165) is 17.5 Å². The van der Waals surface area contributed by atoms with Crippen LogP contribution >= 0.6 is 0 Å². The van der Waals surface area contributed by atoms with Crippen LogP contribution in [0.5, 0.6) is 0 Å². The van der Waals surface area contributed by atoms with Gasteiger partial charge in [0.25, 0.3) is 5.91 Å². The van der Waals surface area contributed by atoms with Gasteiger partial charge in [-0.25, -0.2) is 4.39 Å². The Hall–Kier alpha value is -3.17. The number of carbonyl (C=O) groups is 1. The predicted octanol–water partition coefficient (Wildman–Crippen LogP) is 2.64. The minimum atomic E-state index is -0.666. The van der Waals surface area contributed by atoms with Crippen LogP contribution in [0.1, 0.15) is 41.0 Å². The number of methoxy groups -OCH3 is 1. The lowest BCUT2D eigenvalue weighted by Crippen LogP contribution is -2.51. The lowest BCUT2D eigenvalue weighted by Gasteiger charge is -2.41. The van der Waals surface area contributed by atoms with Crippen LogP contribution in [0.15, 0.2) is 48.5 Å². The van der Waals surface area contributed by atoms with E-state index < -0.39 is 6.10 Å². The van der Waals surface area contributed by atoms with Crippen LogP contribution in [0.2, 0.25) is 0 Å². The van der Waals surface area contributed by atoms with E-state index in [0.29, 0.717) is 18.8 Å². The quantitative estimate of drug-likeness (QED) is 0.607. The van der Waals surface area contributed by atoms with Crippen molar-refractivity contribution < 1.29 is 18.7 Å². The molecule has 0 N–H and O–H groups in total. The Morgan fingerprint density at radius 2 is 1.97 bits per heavy atom. The minimum absolute atomic E-state index is 0.102. The largest absolute Gasteiger partial charge is 0.377 e. The van der Waals surface area contributed by atoms with E-state index in [1.165, 1.54) is 22.5 Å².